The second-order valence-corrected chi connectivity index (χ2v) is 7.10. The van der Waals surface area contributed by atoms with Crippen molar-refractivity contribution >= 4 is 53.7 Å². The molecule has 0 bridgehead atoms. The lowest BCUT2D eigenvalue weighted by molar-refractivity contribution is 0.653. The number of benzene rings is 2. The Balaban J connectivity index is 1.57. The van der Waals surface area contributed by atoms with Gasteiger partial charge in [-0.15, -0.1) is 11.3 Å². The lowest BCUT2D eigenvalue weighted by Gasteiger charge is -2.00. The van der Waals surface area contributed by atoms with E-state index in [9.17, 15) is 0 Å². The highest BCUT2D eigenvalue weighted by Crippen LogP contribution is 2.34. The van der Waals surface area contributed by atoms with Crippen molar-refractivity contribution in [2.45, 2.75) is 0 Å². The van der Waals surface area contributed by atoms with Crippen LogP contribution in [0.2, 0.25) is 0 Å². The Morgan fingerprint density at radius 1 is 0.846 bits per heavy atom. The molecule has 0 atom stereocenters. The van der Waals surface area contributed by atoms with Gasteiger partial charge in [-0.1, -0.05) is 24.3 Å². The summed E-state index contributed by atoms with van der Waals surface area (Å²) < 4.78 is 7.07. The summed E-state index contributed by atoms with van der Waals surface area (Å²) in [6.07, 6.45) is 5.17. The lowest BCUT2D eigenvalue weighted by Crippen LogP contribution is -1.87. The van der Waals surface area contributed by atoms with Crippen LogP contribution in [0.3, 0.4) is 0 Å². The van der Waals surface area contributed by atoms with Gasteiger partial charge in [0.15, 0.2) is 5.82 Å². The maximum absolute atomic E-state index is 5.85. The minimum atomic E-state index is 0.591. The van der Waals surface area contributed by atoms with Gasteiger partial charge in [-0.3, -0.25) is 0 Å². The van der Waals surface area contributed by atoms with Crippen LogP contribution in [0.15, 0.2) is 65.6 Å². The molecule has 6 aromatic rings. The fourth-order valence-electron chi connectivity index (χ4n) is 3.31. The van der Waals surface area contributed by atoms with E-state index in [0.717, 1.165) is 32.1 Å². The van der Waals surface area contributed by atoms with Crippen molar-refractivity contribution in [3.8, 4) is 11.4 Å². The van der Waals surface area contributed by atoms with Crippen molar-refractivity contribution in [2.75, 3.05) is 0 Å². The molecule has 2 aromatic carbocycles. The summed E-state index contributed by atoms with van der Waals surface area (Å²) in [5.74, 6) is 0.692. The normalized spacial score (nSPS) is 11.8. The quantitative estimate of drug-likeness (QED) is 0.406. The Hall–Kier alpha value is -3.38. The van der Waals surface area contributed by atoms with Crippen molar-refractivity contribution in [3.63, 3.8) is 0 Å². The highest BCUT2D eigenvalue weighted by molar-refractivity contribution is 7.25. The molecule has 0 aliphatic carbocycles. The average Bonchev–Trinajstić information content (AvgIpc) is 3.24. The van der Waals surface area contributed by atoms with Crippen molar-refractivity contribution in [1.82, 2.24) is 19.9 Å². The van der Waals surface area contributed by atoms with E-state index in [-0.39, 0.29) is 0 Å². The van der Waals surface area contributed by atoms with Crippen LogP contribution in [0.5, 0.6) is 0 Å². The Kier molecular flexibility index (Phi) is 2.70. The molecule has 0 saturated carbocycles. The van der Waals surface area contributed by atoms with Gasteiger partial charge in [-0.2, -0.15) is 0 Å². The molecule has 0 unspecified atom stereocenters. The van der Waals surface area contributed by atoms with Gasteiger partial charge >= 0.3 is 0 Å². The second-order valence-electron chi connectivity index (χ2n) is 6.07. The number of aromatic nitrogens is 4. The van der Waals surface area contributed by atoms with E-state index in [2.05, 4.69) is 27.1 Å². The van der Waals surface area contributed by atoms with Gasteiger partial charge in [-0.05, 0) is 18.2 Å². The number of hydrogen-bond donors (Lipinski definition) is 0. The number of rotatable bonds is 1. The van der Waals surface area contributed by atoms with Gasteiger partial charge < -0.3 is 4.42 Å². The van der Waals surface area contributed by atoms with Gasteiger partial charge in [0.2, 0.25) is 5.71 Å². The first-order valence-electron chi connectivity index (χ1n) is 8.14. The standard InChI is InChI=1S/C20H10N4OS/c1-2-4-17-13(3-1)15-9-22-18(24-20(15)26-17)11-5-6-12-14-8-21-10-23-19(14)25-16(12)7-11/h1-10H. The zero-order chi connectivity index (χ0) is 17.1. The highest BCUT2D eigenvalue weighted by atomic mass is 32.1. The van der Waals surface area contributed by atoms with Crippen LogP contribution in [-0.2, 0) is 0 Å². The summed E-state index contributed by atoms with van der Waals surface area (Å²) in [6.45, 7) is 0. The molecule has 26 heavy (non-hydrogen) atoms. The Morgan fingerprint density at radius 2 is 1.81 bits per heavy atom. The summed E-state index contributed by atoms with van der Waals surface area (Å²) in [4.78, 5) is 18.6. The SMILES string of the molecule is c1ccc2c(c1)sc1nc(-c3ccc4c(c3)oc3ncncc34)ncc12. The molecule has 0 aliphatic heterocycles. The summed E-state index contributed by atoms with van der Waals surface area (Å²) >= 11 is 1.69. The number of fused-ring (bicyclic) bond motifs is 6. The number of nitrogens with zero attached hydrogens (tertiary/aromatic N) is 4. The molecular weight excluding hydrogens is 344 g/mol. The third-order valence-electron chi connectivity index (χ3n) is 4.55. The van der Waals surface area contributed by atoms with Crippen LogP contribution in [0.25, 0.3) is 53.8 Å². The van der Waals surface area contributed by atoms with E-state index in [1.807, 2.05) is 36.5 Å². The zero-order valence-electron chi connectivity index (χ0n) is 13.4. The molecule has 0 amide bonds. The Labute approximate surface area is 151 Å². The topological polar surface area (TPSA) is 64.7 Å². The minimum Gasteiger partial charge on any atom is -0.438 e. The van der Waals surface area contributed by atoms with Crippen molar-refractivity contribution in [1.29, 1.82) is 0 Å². The van der Waals surface area contributed by atoms with Gasteiger partial charge in [0.1, 0.15) is 16.7 Å². The molecule has 4 aromatic heterocycles. The Bertz CT molecular complexity index is 1340. The molecule has 0 radical (unpaired) electrons. The first-order chi connectivity index (χ1) is 12.9. The van der Waals surface area contributed by atoms with Crippen LogP contribution >= 0.6 is 11.3 Å². The maximum Gasteiger partial charge on any atom is 0.230 e. The highest BCUT2D eigenvalue weighted by Gasteiger charge is 2.12. The predicted octanol–water partition coefficient (Wildman–Crippen LogP) is 5.20. The van der Waals surface area contributed by atoms with Crippen LogP contribution in [0.1, 0.15) is 0 Å². The number of thiophene rings is 1. The van der Waals surface area contributed by atoms with Crippen molar-refractivity contribution in [3.05, 3.63) is 61.2 Å². The average molecular weight is 354 g/mol. The molecule has 6 heteroatoms. The summed E-state index contributed by atoms with van der Waals surface area (Å²) in [5.41, 5.74) is 2.27. The Morgan fingerprint density at radius 3 is 2.81 bits per heavy atom. The molecule has 5 nitrogen and oxygen atoms in total. The van der Waals surface area contributed by atoms with Crippen LogP contribution in [-0.4, -0.2) is 19.9 Å². The van der Waals surface area contributed by atoms with E-state index >= 15 is 0 Å². The van der Waals surface area contributed by atoms with E-state index in [1.54, 1.807) is 17.5 Å². The third kappa shape index (κ3) is 1.90. The molecule has 4 heterocycles. The van der Waals surface area contributed by atoms with E-state index in [4.69, 9.17) is 9.40 Å². The van der Waals surface area contributed by atoms with Crippen molar-refractivity contribution < 1.29 is 4.42 Å². The molecule has 6 rings (SSSR count). The van der Waals surface area contributed by atoms with Gasteiger partial charge in [0.05, 0.1) is 5.39 Å². The zero-order valence-corrected chi connectivity index (χ0v) is 14.2. The molecule has 0 spiro atoms. The summed E-state index contributed by atoms with van der Waals surface area (Å²) in [7, 11) is 0. The van der Waals surface area contributed by atoms with Gasteiger partial charge in [-0.25, -0.2) is 19.9 Å². The molecule has 0 fully saturated rings. The number of furan rings is 1. The first kappa shape index (κ1) is 13.9. The van der Waals surface area contributed by atoms with Crippen LogP contribution < -0.4 is 0 Å². The van der Waals surface area contributed by atoms with Crippen molar-refractivity contribution in [2.24, 2.45) is 0 Å². The molecule has 122 valence electrons. The van der Waals surface area contributed by atoms with Gasteiger partial charge in [0.25, 0.3) is 0 Å². The smallest absolute Gasteiger partial charge is 0.230 e. The number of hydrogen-bond acceptors (Lipinski definition) is 6. The van der Waals surface area contributed by atoms with E-state index in [0.29, 0.717) is 11.5 Å². The second kappa shape index (κ2) is 5.06. The lowest BCUT2D eigenvalue weighted by atomic mass is 10.1. The minimum absolute atomic E-state index is 0.591. The molecular formula is C20H10N4OS. The third-order valence-corrected chi connectivity index (χ3v) is 5.63. The molecule has 0 aliphatic rings. The maximum atomic E-state index is 5.85. The largest absolute Gasteiger partial charge is 0.438 e. The van der Waals surface area contributed by atoms with Gasteiger partial charge in [0, 0.05) is 38.8 Å². The van der Waals surface area contributed by atoms with E-state index < -0.39 is 0 Å². The fraction of sp³-hybridized carbons (Fsp3) is 0. The fourth-order valence-corrected chi connectivity index (χ4v) is 4.35. The van der Waals surface area contributed by atoms with Crippen LogP contribution in [0.4, 0.5) is 0 Å². The van der Waals surface area contributed by atoms with E-state index in [1.165, 1.54) is 16.4 Å². The monoisotopic (exact) mass is 354 g/mol. The summed E-state index contributed by atoms with van der Waals surface area (Å²) in [6, 6.07) is 14.3. The van der Waals surface area contributed by atoms with Crippen LogP contribution in [0, 0.1) is 0 Å². The predicted molar refractivity (Wildman–Crippen MR) is 103 cm³/mol. The molecule has 0 N–H and O–H groups in total. The first-order valence-corrected chi connectivity index (χ1v) is 8.95. The summed E-state index contributed by atoms with van der Waals surface area (Å²) in [5, 5.41) is 4.20. The molecule has 0 saturated heterocycles.